The molecule has 6 aromatic rings. The molecule has 1 aliphatic heterocycles. The lowest BCUT2D eigenvalue weighted by molar-refractivity contribution is -0.139. The molecule has 6 heteroatoms. The molecule has 1 amide bonds. The highest BCUT2D eigenvalue weighted by atomic mass is 16.5. The molecule has 0 spiro atoms. The van der Waals surface area contributed by atoms with Crippen molar-refractivity contribution in [2.24, 2.45) is 5.10 Å². The molecule has 0 N–H and O–H groups in total. The Morgan fingerprint density at radius 2 is 1.39 bits per heavy atom. The monoisotopic (exact) mass is 537 g/mol. The second kappa shape index (κ2) is 9.45. The van der Waals surface area contributed by atoms with Gasteiger partial charge in [-0.3, -0.25) is 9.59 Å². The fourth-order valence-electron chi connectivity index (χ4n) is 5.84. The Balaban J connectivity index is 1.51. The van der Waals surface area contributed by atoms with E-state index in [-0.39, 0.29) is 12.6 Å². The summed E-state index contributed by atoms with van der Waals surface area (Å²) in [6.07, 6.45) is 1.90. The van der Waals surface area contributed by atoms with E-state index in [1.807, 2.05) is 6.08 Å². The summed E-state index contributed by atoms with van der Waals surface area (Å²) in [6, 6.07) is 30.3. The first-order valence-corrected chi connectivity index (χ1v) is 13.5. The van der Waals surface area contributed by atoms with E-state index in [1.165, 1.54) is 27.3 Å². The van der Waals surface area contributed by atoms with Crippen LogP contribution < -0.4 is 0 Å². The van der Waals surface area contributed by atoms with Gasteiger partial charge in [0.15, 0.2) is 6.73 Å². The Morgan fingerprint density at radius 1 is 0.780 bits per heavy atom. The van der Waals surface area contributed by atoms with Gasteiger partial charge in [0, 0.05) is 16.5 Å². The second-order valence-electron chi connectivity index (χ2n) is 10.6. The predicted octanol–water partition coefficient (Wildman–Crippen LogP) is 7.37. The summed E-state index contributed by atoms with van der Waals surface area (Å²) in [5.41, 5.74) is 12.4. The summed E-state index contributed by atoms with van der Waals surface area (Å²) in [6.45, 7) is 6.09. The summed E-state index contributed by atoms with van der Waals surface area (Å²) < 4.78 is 7.15. The van der Waals surface area contributed by atoms with Crippen LogP contribution in [-0.2, 0) is 14.3 Å². The maximum absolute atomic E-state index is 13.1. The third kappa shape index (κ3) is 3.99. The van der Waals surface area contributed by atoms with Crippen molar-refractivity contribution in [2.75, 3.05) is 6.73 Å². The lowest BCUT2D eigenvalue weighted by Gasteiger charge is -2.18. The smallest absolute Gasteiger partial charge is 0.294 e. The number of nitrogens with zero attached hydrogens (tertiary/aromatic N) is 3. The first kappa shape index (κ1) is 24.8. The number of aryl methyl sites for hydroxylation is 2. The van der Waals surface area contributed by atoms with Crippen LogP contribution in [0.1, 0.15) is 23.6 Å². The van der Waals surface area contributed by atoms with Crippen molar-refractivity contribution in [1.29, 1.82) is 0 Å². The van der Waals surface area contributed by atoms with Crippen molar-refractivity contribution in [3.63, 3.8) is 0 Å². The molecular weight excluding hydrogens is 510 g/mol. The van der Waals surface area contributed by atoms with Crippen LogP contribution in [0, 0.1) is 13.8 Å². The largest absolute Gasteiger partial charge is 0.444 e. The zero-order valence-electron chi connectivity index (χ0n) is 23.0. The zero-order valence-corrected chi connectivity index (χ0v) is 23.0. The number of carbonyl (C=O) groups excluding carboxylic acids is 2. The third-order valence-corrected chi connectivity index (χ3v) is 7.94. The second-order valence-corrected chi connectivity index (χ2v) is 10.6. The molecule has 3 aromatic heterocycles. The van der Waals surface area contributed by atoms with E-state index in [4.69, 9.17) is 4.74 Å². The Kier molecular flexibility index (Phi) is 5.71. The van der Waals surface area contributed by atoms with Crippen LogP contribution in [0.25, 0.3) is 55.7 Å². The number of carbonyl (C=O) groups is 2. The van der Waals surface area contributed by atoms with Crippen LogP contribution in [0.2, 0.25) is 0 Å². The van der Waals surface area contributed by atoms with E-state index in [9.17, 15) is 9.59 Å². The quantitative estimate of drug-likeness (QED) is 0.165. The number of hydrogen-bond donors (Lipinski definition) is 0. The number of aromatic nitrogens is 1. The highest BCUT2D eigenvalue weighted by molar-refractivity contribution is 6.27. The van der Waals surface area contributed by atoms with Gasteiger partial charge in [-0.25, -0.2) is 0 Å². The SMILES string of the molecule is CC1=NN(COC=O)C(=O)/C1=C/c1ccc2cc(-c3ccc(C)cc3)c3ccc4c(-c5ccc(C)cc5)cc1c2n34. The number of hydrazone groups is 1. The van der Waals surface area contributed by atoms with Gasteiger partial charge in [0.05, 0.1) is 27.8 Å². The fraction of sp³-hybridized carbons (Fsp3) is 0.114. The molecule has 4 heterocycles. The van der Waals surface area contributed by atoms with E-state index in [0.29, 0.717) is 17.8 Å². The third-order valence-electron chi connectivity index (χ3n) is 7.94. The van der Waals surface area contributed by atoms with Gasteiger partial charge >= 0.3 is 0 Å². The minimum atomic E-state index is -0.295. The molecular formula is C35H27N3O3. The Hall–Kier alpha value is -5.23. The highest BCUT2D eigenvalue weighted by Gasteiger charge is 2.28. The predicted molar refractivity (Wildman–Crippen MR) is 164 cm³/mol. The molecule has 200 valence electrons. The lowest BCUT2D eigenvalue weighted by atomic mass is 9.95. The molecule has 0 atom stereocenters. The maximum Gasteiger partial charge on any atom is 0.294 e. The molecule has 41 heavy (non-hydrogen) atoms. The van der Waals surface area contributed by atoms with Gasteiger partial charge in [0.25, 0.3) is 12.4 Å². The van der Waals surface area contributed by atoms with Crippen molar-refractivity contribution < 1.29 is 14.3 Å². The van der Waals surface area contributed by atoms with Gasteiger partial charge in [-0.1, -0.05) is 71.8 Å². The maximum atomic E-state index is 13.1. The first-order chi connectivity index (χ1) is 19.9. The molecule has 6 nitrogen and oxygen atoms in total. The summed E-state index contributed by atoms with van der Waals surface area (Å²) in [5, 5.41) is 7.63. The Bertz CT molecular complexity index is 2030. The normalized spacial score (nSPS) is 14.6. The highest BCUT2D eigenvalue weighted by Crippen LogP contribution is 2.40. The lowest BCUT2D eigenvalue weighted by Crippen LogP contribution is -2.24. The fourth-order valence-corrected chi connectivity index (χ4v) is 5.84. The molecule has 0 unspecified atom stereocenters. The van der Waals surface area contributed by atoms with Crippen molar-refractivity contribution in [2.45, 2.75) is 20.8 Å². The number of amides is 1. The standard InChI is InChI=1S/C35H27N3O3/c1-21-4-8-24(9-5-21)29-17-27-13-12-26(16-28-23(3)36-37(35(28)40)19-41-20-39)31-18-30(25-10-6-22(2)7-11-25)33-15-14-32(29)38(33)34(27)31/h4-18,20H,19H2,1-3H3/b28-16+. The summed E-state index contributed by atoms with van der Waals surface area (Å²) in [4.78, 5) is 23.8. The van der Waals surface area contributed by atoms with Crippen LogP contribution in [0.3, 0.4) is 0 Å². The van der Waals surface area contributed by atoms with Crippen molar-refractivity contribution >= 4 is 51.5 Å². The minimum absolute atomic E-state index is 0.214. The molecule has 0 fully saturated rings. The van der Waals surface area contributed by atoms with Crippen molar-refractivity contribution in [3.8, 4) is 22.3 Å². The summed E-state index contributed by atoms with van der Waals surface area (Å²) >= 11 is 0. The number of benzene rings is 3. The van der Waals surface area contributed by atoms with Gasteiger partial charge in [0.1, 0.15) is 0 Å². The number of hydrogen-bond acceptors (Lipinski definition) is 4. The van der Waals surface area contributed by atoms with E-state index in [1.54, 1.807) is 6.92 Å². The molecule has 1 aliphatic rings. The Labute approximate surface area is 237 Å². The van der Waals surface area contributed by atoms with Crippen LogP contribution in [0.15, 0.2) is 95.6 Å². The zero-order chi connectivity index (χ0) is 28.2. The topological polar surface area (TPSA) is 63.4 Å². The van der Waals surface area contributed by atoms with Crippen LogP contribution in [0.4, 0.5) is 0 Å². The number of rotatable bonds is 6. The molecule has 0 radical (unpaired) electrons. The van der Waals surface area contributed by atoms with Gasteiger partial charge < -0.3 is 9.14 Å². The van der Waals surface area contributed by atoms with Gasteiger partial charge in [-0.05, 0) is 73.2 Å². The van der Waals surface area contributed by atoms with Crippen LogP contribution in [0.5, 0.6) is 0 Å². The van der Waals surface area contributed by atoms with Gasteiger partial charge in [-0.2, -0.15) is 10.1 Å². The van der Waals surface area contributed by atoms with Gasteiger partial charge in [0.2, 0.25) is 0 Å². The average Bonchev–Trinajstić information content (AvgIpc) is 3.54. The molecule has 0 saturated heterocycles. The molecule has 3 aromatic carbocycles. The molecule has 0 saturated carbocycles. The molecule has 0 aliphatic carbocycles. The van der Waals surface area contributed by atoms with Crippen LogP contribution >= 0.6 is 0 Å². The minimum Gasteiger partial charge on any atom is -0.444 e. The number of pyridine rings is 2. The molecule has 7 rings (SSSR count). The van der Waals surface area contributed by atoms with E-state index in [0.717, 1.165) is 44.0 Å². The van der Waals surface area contributed by atoms with Crippen molar-refractivity contribution in [1.82, 2.24) is 9.41 Å². The average molecular weight is 538 g/mol. The first-order valence-electron chi connectivity index (χ1n) is 13.5. The van der Waals surface area contributed by atoms with Gasteiger partial charge in [-0.15, -0.1) is 0 Å². The number of ether oxygens (including phenoxy) is 1. The Morgan fingerprint density at radius 3 is 2.00 bits per heavy atom. The summed E-state index contributed by atoms with van der Waals surface area (Å²) in [5.74, 6) is -0.295. The van der Waals surface area contributed by atoms with E-state index in [2.05, 4.69) is 108 Å². The van der Waals surface area contributed by atoms with Crippen molar-refractivity contribution in [3.05, 3.63) is 107 Å². The molecule has 0 bridgehead atoms. The van der Waals surface area contributed by atoms with E-state index < -0.39 is 0 Å². The van der Waals surface area contributed by atoms with Crippen LogP contribution in [-0.4, -0.2) is 34.2 Å². The summed E-state index contributed by atoms with van der Waals surface area (Å²) in [7, 11) is 0. The van der Waals surface area contributed by atoms with E-state index >= 15 is 0 Å².